The monoisotopic (exact) mass is 350 g/mol. The standard InChI is InChI=1S/C19H22N6O/c1-14-13-21-18(15-3-8-20-9-4-15)25(14)16-6-11-24(12-7-16)19(26)17-5-10-22-23(17)2/h3-5,8-10,13,16H,6-7,11-12H2,1-2H3. The molecular weight excluding hydrogens is 328 g/mol. The van der Waals surface area contributed by atoms with Crippen molar-refractivity contribution in [3.05, 3.63) is 54.4 Å². The maximum Gasteiger partial charge on any atom is 0.272 e. The normalized spacial score (nSPS) is 15.4. The second-order valence-electron chi connectivity index (χ2n) is 6.69. The molecule has 26 heavy (non-hydrogen) atoms. The third kappa shape index (κ3) is 2.89. The minimum absolute atomic E-state index is 0.0557. The molecule has 3 aromatic heterocycles. The van der Waals surface area contributed by atoms with Crippen LogP contribution in [0.5, 0.6) is 0 Å². The lowest BCUT2D eigenvalue weighted by Gasteiger charge is -2.34. The molecule has 1 saturated heterocycles. The number of aryl methyl sites for hydroxylation is 2. The van der Waals surface area contributed by atoms with Crippen LogP contribution in [-0.2, 0) is 7.05 Å². The number of piperidine rings is 1. The van der Waals surface area contributed by atoms with Gasteiger partial charge in [0.15, 0.2) is 0 Å². The zero-order valence-corrected chi connectivity index (χ0v) is 15.0. The summed E-state index contributed by atoms with van der Waals surface area (Å²) in [7, 11) is 1.80. The Morgan fingerprint density at radius 1 is 1.12 bits per heavy atom. The summed E-state index contributed by atoms with van der Waals surface area (Å²) in [6, 6.07) is 6.09. The highest BCUT2D eigenvalue weighted by Crippen LogP contribution is 2.30. The van der Waals surface area contributed by atoms with Crippen molar-refractivity contribution in [2.24, 2.45) is 7.05 Å². The summed E-state index contributed by atoms with van der Waals surface area (Å²) in [6.45, 7) is 3.56. The minimum Gasteiger partial charge on any atom is -0.337 e. The molecule has 0 aromatic carbocycles. The number of hydrogen-bond acceptors (Lipinski definition) is 4. The first kappa shape index (κ1) is 16.5. The molecule has 134 valence electrons. The highest BCUT2D eigenvalue weighted by Gasteiger charge is 2.27. The highest BCUT2D eigenvalue weighted by molar-refractivity contribution is 5.92. The topological polar surface area (TPSA) is 68.8 Å². The SMILES string of the molecule is Cc1cnc(-c2ccncc2)n1C1CCN(C(=O)c2ccnn2C)CC1. The second-order valence-corrected chi connectivity index (χ2v) is 6.69. The molecule has 1 aliphatic rings. The van der Waals surface area contributed by atoms with Gasteiger partial charge in [-0.2, -0.15) is 5.10 Å². The maximum absolute atomic E-state index is 12.7. The van der Waals surface area contributed by atoms with E-state index in [2.05, 4.69) is 26.6 Å². The molecular formula is C19H22N6O. The van der Waals surface area contributed by atoms with E-state index < -0.39 is 0 Å². The van der Waals surface area contributed by atoms with Gasteiger partial charge in [-0.3, -0.25) is 14.5 Å². The van der Waals surface area contributed by atoms with E-state index in [0.717, 1.165) is 43.0 Å². The van der Waals surface area contributed by atoms with Gasteiger partial charge in [-0.25, -0.2) is 4.98 Å². The van der Waals surface area contributed by atoms with E-state index in [1.54, 1.807) is 36.4 Å². The molecule has 0 unspecified atom stereocenters. The van der Waals surface area contributed by atoms with Crippen LogP contribution in [0.25, 0.3) is 11.4 Å². The van der Waals surface area contributed by atoms with Crippen molar-refractivity contribution in [1.82, 2.24) is 29.2 Å². The zero-order chi connectivity index (χ0) is 18.1. The number of likely N-dealkylation sites (tertiary alicyclic amines) is 1. The maximum atomic E-state index is 12.7. The van der Waals surface area contributed by atoms with Gasteiger partial charge in [0.2, 0.25) is 0 Å². The lowest BCUT2D eigenvalue weighted by atomic mass is 10.0. The number of aromatic nitrogens is 5. The quantitative estimate of drug-likeness (QED) is 0.728. The third-order valence-electron chi connectivity index (χ3n) is 5.08. The average Bonchev–Trinajstić information content (AvgIpc) is 3.27. The largest absolute Gasteiger partial charge is 0.337 e. The molecule has 1 amide bonds. The van der Waals surface area contributed by atoms with Gasteiger partial charge in [0.05, 0.1) is 0 Å². The van der Waals surface area contributed by atoms with Gasteiger partial charge in [0, 0.05) is 62.2 Å². The number of imidazole rings is 1. The van der Waals surface area contributed by atoms with Gasteiger partial charge >= 0.3 is 0 Å². The predicted molar refractivity (Wildman–Crippen MR) is 97.6 cm³/mol. The molecule has 0 radical (unpaired) electrons. The van der Waals surface area contributed by atoms with Crippen LogP contribution >= 0.6 is 0 Å². The fraction of sp³-hybridized carbons (Fsp3) is 0.368. The third-order valence-corrected chi connectivity index (χ3v) is 5.08. The number of amides is 1. The van der Waals surface area contributed by atoms with Crippen molar-refractivity contribution in [2.45, 2.75) is 25.8 Å². The Bertz CT molecular complexity index is 905. The lowest BCUT2D eigenvalue weighted by molar-refractivity contribution is 0.0683. The Balaban J connectivity index is 1.52. The summed E-state index contributed by atoms with van der Waals surface area (Å²) >= 11 is 0. The molecule has 0 atom stereocenters. The summed E-state index contributed by atoms with van der Waals surface area (Å²) in [5.74, 6) is 1.03. The van der Waals surface area contributed by atoms with Crippen LogP contribution in [0.2, 0.25) is 0 Å². The van der Waals surface area contributed by atoms with Crippen molar-refractivity contribution in [3.63, 3.8) is 0 Å². The fourth-order valence-corrected chi connectivity index (χ4v) is 3.69. The summed E-state index contributed by atoms with van der Waals surface area (Å²) in [5, 5.41) is 4.10. The summed E-state index contributed by atoms with van der Waals surface area (Å²) in [4.78, 5) is 23.3. The van der Waals surface area contributed by atoms with Gasteiger partial charge in [0.1, 0.15) is 11.5 Å². The number of carbonyl (C=O) groups excluding carboxylic acids is 1. The molecule has 0 aliphatic carbocycles. The molecule has 3 aromatic rings. The minimum atomic E-state index is 0.0557. The first-order valence-electron chi connectivity index (χ1n) is 8.86. The fourth-order valence-electron chi connectivity index (χ4n) is 3.69. The van der Waals surface area contributed by atoms with Gasteiger partial charge in [0.25, 0.3) is 5.91 Å². The smallest absolute Gasteiger partial charge is 0.272 e. The number of pyridine rings is 1. The Hall–Kier alpha value is -2.96. The molecule has 4 heterocycles. The molecule has 0 bridgehead atoms. The predicted octanol–water partition coefficient (Wildman–Crippen LogP) is 2.46. The Morgan fingerprint density at radius 3 is 2.50 bits per heavy atom. The first-order chi connectivity index (χ1) is 12.6. The number of nitrogens with zero attached hydrogens (tertiary/aromatic N) is 6. The average molecular weight is 350 g/mol. The first-order valence-corrected chi connectivity index (χ1v) is 8.86. The molecule has 7 heteroatoms. The zero-order valence-electron chi connectivity index (χ0n) is 15.0. The molecule has 7 nitrogen and oxygen atoms in total. The number of hydrogen-bond donors (Lipinski definition) is 0. The van der Waals surface area contributed by atoms with Gasteiger partial charge in [-0.15, -0.1) is 0 Å². The molecule has 4 rings (SSSR count). The van der Waals surface area contributed by atoms with Crippen LogP contribution in [-0.4, -0.2) is 48.2 Å². The Labute approximate surface area is 152 Å². The number of carbonyl (C=O) groups is 1. The molecule has 1 fully saturated rings. The van der Waals surface area contributed by atoms with Crippen molar-refractivity contribution < 1.29 is 4.79 Å². The van der Waals surface area contributed by atoms with Crippen molar-refractivity contribution in [3.8, 4) is 11.4 Å². The summed E-state index contributed by atoms with van der Waals surface area (Å²) in [6.07, 6.45) is 8.99. The second kappa shape index (κ2) is 6.74. The van der Waals surface area contributed by atoms with Crippen molar-refractivity contribution >= 4 is 5.91 Å². The number of rotatable bonds is 3. The summed E-state index contributed by atoms with van der Waals surface area (Å²) in [5.41, 5.74) is 2.86. The van der Waals surface area contributed by atoms with Crippen LogP contribution in [0, 0.1) is 6.92 Å². The molecule has 0 N–H and O–H groups in total. The van der Waals surface area contributed by atoms with E-state index in [1.807, 2.05) is 23.2 Å². The van der Waals surface area contributed by atoms with Gasteiger partial charge < -0.3 is 9.47 Å². The van der Waals surface area contributed by atoms with Crippen LogP contribution < -0.4 is 0 Å². The lowest BCUT2D eigenvalue weighted by Crippen LogP contribution is -2.40. The molecule has 1 aliphatic heterocycles. The molecule has 0 saturated carbocycles. The van der Waals surface area contributed by atoms with E-state index in [9.17, 15) is 4.79 Å². The Morgan fingerprint density at radius 2 is 1.85 bits per heavy atom. The Kier molecular flexibility index (Phi) is 4.28. The summed E-state index contributed by atoms with van der Waals surface area (Å²) < 4.78 is 3.94. The van der Waals surface area contributed by atoms with Crippen molar-refractivity contribution in [2.75, 3.05) is 13.1 Å². The van der Waals surface area contributed by atoms with E-state index in [0.29, 0.717) is 11.7 Å². The van der Waals surface area contributed by atoms with E-state index in [1.165, 1.54) is 0 Å². The van der Waals surface area contributed by atoms with E-state index in [-0.39, 0.29) is 5.91 Å². The molecule has 0 spiro atoms. The van der Waals surface area contributed by atoms with Crippen LogP contribution in [0.15, 0.2) is 43.0 Å². The van der Waals surface area contributed by atoms with Gasteiger partial charge in [-0.1, -0.05) is 0 Å². The van der Waals surface area contributed by atoms with Crippen LogP contribution in [0.1, 0.15) is 35.1 Å². The van der Waals surface area contributed by atoms with E-state index in [4.69, 9.17) is 0 Å². The van der Waals surface area contributed by atoms with Crippen molar-refractivity contribution in [1.29, 1.82) is 0 Å². The van der Waals surface area contributed by atoms with Gasteiger partial charge in [-0.05, 0) is 38.0 Å². The van der Waals surface area contributed by atoms with Crippen LogP contribution in [0.4, 0.5) is 0 Å². The van der Waals surface area contributed by atoms with Crippen LogP contribution in [0.3, 0.4) is 0 Å². The highest BCUT2D eigenvalue weighted by atomic mass is 16.2. The van der Waals surface area contributed by atoms with E-state index >= 15 is 0 Å².